The van der Waals surface area contributed by atoms with Crippen molar-refractivity contribution in [3.05, 3.63) is 25.8 Å². The van der Waals surface area contributed by atoms with Crippen molar-refractivity contribution in [3.8, 4) is 0 Å². The lowest BCUT2D eigenvalue weighted by atomic mass is 9.95. The van der Waals surface area contributed by atoms with Gasteiger partial charge in [0.25, 0.3) is 0 Å². The Balaban J connectivity index is 1.93. The summed E-state index contributed by atoms with van der Waals surface area (Å²) in [4.78, 5) is 15.4. The Morgan fingerprint density at radius 3 is 3.00 bits per heavy atom. The average molecular weight is 280 g/mol. The van der Waals surface area contributed by atoms with Crippen LogP contribution in [0.5, 0.6) is 0 Å². The van der Waals surface area contributed by atoms with Gasteiger partial charge in [-0.2, -0.15) is 0 Å². The number of hydrogen-bond acceptors (Lipinski definition) is 4. The zero-order valence-electron chi connectivity index (χ0n) is 10.5. The molecule has 96 valence electrons. The Morgan fingerprint density at radius 2 is 2.17 bits per heavy atom. The van der Waals surface area contributed by atoms with E-state index in [1.807, 2.05) is 24.3 Å². The van der Waals surface area contributed by atoms with Gasteiger partial charge >= 0.3 is 5.97 Å². The van der Waals surface area contributed by atoms with Crippen molar-refractivity contribution in [2.45, 2.75) is 38.4 Å². The number of fused-ring (bicyclic) bond motifs is 3. The third-order valence-corrected chi connectivity index (χ3v) is 5.73. The van der Waals surface area contributed by atoms with Crippen molar-refractivity contribution in [1.29, 1.82) is 0 Å². The second kappa shape index (κ2) is 5.10. The Hall–Kier alpha value is -0.740. The molecule has 0 saturated heterocycles. The zero-order valence-corrected chi connectivity index (χ0v) is 12.1. The number of carbonyl (C=O) groups excluding carboxylic acids is 1. The Kier molecular flexibility index (Phi) is 3.48. The molecule has 1 aromatic heterocycles. The van der Waals surface area contributed by atoms with E-state index in [9.17, 15) is 4.79 Å². The number of hydrogen-bond donors (Lipinski definition) is 0. The molecule has 1 aliphatic heterocycles. The molecule has 2 heterocycles. The zero-order chi connectivity index (χ0) is 12.5. The number of carbonyl (C=O) groups is 1. The van der Waals surface area contributed by atoms with Gasteiger partial charge in [0.1, 0.15) is 0 Å². The van der Waals surface area contributed by atoms with Crippen LogP contribution in [-0.4, -0.2) is 12.6 Å². The fourth-order valence-electron chi connectivity index (χ4n) is 2.56. The maximum absolute atomic E-state index is 11.7. The lowest BCUT2D eigenvalue weighted by Crippen LogP contribution is -2.08. The highest BCUT2D eigenvalue weighted by Gasteiger charge is 2.25. The van der Waals surface area contributed by atoms with E-state index < -0.39 is 0 Å². The molecule has 0 saturated carbocycles. The summed E-state index contributed by atoms with van der Waals surface area (Å²) < 4.78 is 5.07. The molecule has 1 aromatic rings. The second-order valence-electron chi connectivity index (χ2n) is 4.57. The number of thiophene rings is 1. The Morgan fingerprint density at radius 1 is 1.33 bits per heavy atom. The summed E-state index contributed by atoms with van der Waals surface area (Å²) in [5, 5.41) is 0. The summed E-state index contributed by atoms with van der Waals surface area (Å²) in [5.74, 6) is 0.769. The SMILES string of the molecule is CCOC(=O)C1=Cc2sc3c(c2CS1)CCCC3. The lowest BCUT2D eigenvalue weighted by Gasteiger charge is -2.15. The van der Waals surface area contributed by atoms with Gasteiger partial charge in [-0.3, -0.25) is 0 Å². The van der Waals surface area contributed by atoms with Crippen molar-refractivity contribution >= 4 is 35.1 Å². The van der Waals surface area contributed by atoms with E-state index in [-0.39, 0.29) is 5.97 Å². The van der Waals surface area contributed by atoms with Gasteiger partial charge in [0.15, 0.2) is 0 Å². The van der Waals surface area contributed by atoms with Crippen LogP contribution >= 0.6 is 23.1 Å². The number of thioether (sulfide) groups is 1. The number of rotatable bonds is 2. The first kappa shape index (κ1) is 12.3. The average Bonchev–Trinajstić information content (AvgIpc) is 2.76. The van der Waals surface area contributed by atoms with Crippen molar-refractivity contribution < 1.29 is 9.53 Å². The van der Waals surface area contributed by atoms with Crippen molar-refractivity contribution in [2.24, 2.45) is 0 Å². The lowest BCUT2D eigenvalue weighted by molar-refractivity contribution is -0.137. The molecule has 1 aliphatic carbocycles. The molecule has 0 bridgehead atoms. The fraction of sp³-hybridized carbons (Fsp3) is 0.500. The molecule has 18 heavy (non-hydrogen) atoms. The highest BCUT2D eigenvalue weighted by Crippen LogP contribution is 2.42. The van der Waals surface area contributed by atoms with Gasteiger partial charge in [-0.25, -0.2) is 4.79 Å². The van der Waals surface area contributed by atoms with Gasteiger partial charge in [-0.1, -0.05) is 0 Å². The molecule has 0 aromatic carbocycles. The van der Waals surface area contributed by atoms with E-state index >= 15 is 0 Å². The van der Waals surface area contributed by atoms with E-state index in [0.717, 1.165) is 10.7 Å². The van der Waals surface area contributed by atoms with Crippen LogP contribution in [0.4, 0.5) is 0 Å². The molecule has 3 rings (SSSR count). The van der Waals surface area contributed by atoms with Crippen LogP contribution in [0, 0.1) is 0 Å². The highest BCUT2D eigenvalue weighted by atomic mass is 32.2. The van der Waals surface area contributed by atoms with Crippen LogP contribution in [0.25, 0.3) is 6.08 Å². The predicted molar refractivity (Wildman–Crippen MR) is 76.9 cm³/mol. The van der Waals surface area contributed by atoms with Crippen molar-refractivity contribution in [1.82, 2.24) is 0 Å². The van der Waals surface area contributed by atoms with E-state index in [1.165, 1.54) is 36.1 Å². The van der Waals surface area contributed by atoms with Crippen LogP contribution < -0.4 is 0 Å². The number of ether oxygens (including phenoxy) is 1. The molecule has 0 amide bonds. The minimum Gasteiger partial charge on any atom is -0.462 e. The van der Waals surface area contributed by atoms with E-state index in [2.05, 4.69) is 0 Å². The van der Waals surface area contributed by atoms with Gasteiger partial charge in [0.2, 0.25) is 0 Å². The summed E-state index contributed by atoms with van der Waals surface area (Å²) in [6.07, 6.45) is 7.11. The number of aryl methyl sites for hydroxylation is 1. The van der Waals surface area contributed by atoms with Gasteiger partial charge in [-0.05, 0) is 49.8 Å². The van der Waals surface area contributed by atoms with E-state index in [0.29, 0.717) is 6.61 Å². The Bertz CT molecular complexity index is 514. The summed E-state index contributed by atoms with van der Waals surface area (Å²) in [7, 11) is 0. The first-order chi connectivity index (χ1) is 8.79. The maximum atomic E-state index is 11.7. The second-order valence-corrected chi connectivity index (χ2v) is 6.73. The van der Waals surface area contributed by atoms with Crippen LogP contribution in [0.2, 0.25) is 0 Å². The number of esters is 1. The monoisotopic (exact) mass is 280 g/mol. The molecule has 4 heteroatoms. The molecule has 0 radical (unpaired) electrons. The van der Waals surface area contributed by atoms with Crippen LogP contribution in [0.15, 0.2) is 4.91 Å². The molecule has 0 atom stereocenters. The van der Waals surface area contributed by atoms with Crippen molar-refractivity contribution in [3.63, 3.8) is 0 Å². The van der Waals surface area contributed by atoms with Gasteiger partial charge in [0.05, 0.1) is 11.5 Å². The molecule has 2 nitrogen and oxygen atoms in total. The molecule has 0 fully saturated rings. The quantitative estimate of drug-likeness (QED) is 0.771. The first-order valence-corrected chi connectivity index (χ1v) is 8.25. The summed E-state index contributed by atoms with van der Waals surface area (Å²) in [6.45, 7) is 2.30. The minimum absolute atomic E-state index is 0.167. The topological polar surface area (TPSA) is 26.3 Å². The van der Waals surface area contributed by atoms with Crippen molar-refractivity contribution in [2.75, 3.05) is 6.61 Å². The summed E-state index contributed by atoms with van der Waals surface area (Å²) in [6, 6.07) is 0. The highest BCUT2D eigenvalue weighted by molar-refractivity contribution is 8.03. The fourth-order valence-corrected chi connectivity index (χ4v) is 5.09. The predicted octanol–water partition coefficient (Wildman–Crippen LogP) is 3.78. The van der Waals surface area contributed by atoms with Gasteiger partial charge < -0.3 is 4.74 Å². The smallest absolute Gasteiger partial charge is 0.344 e. The van der Waals surface area contributed by atoms with Gasteiger partial charge in [0, 0.05) is 15.5 Å². The molecule has 0 spiro atoms. The third kappa shape index (κ3) is 2.12. The molecule has 0 unspecified atom stereocenters. The molecule has 2 aliphatic rings. The van der Waals surface area contributed by atoms with E-state index in [1.54, 1.807) is 22.2 Å². The van der Waals surface area contributed by atoms with Gasteiger partial charge in [-0.15, -0.1) is 23.1 Å². The third-order valence-electron chi connectivity index (χ3n) is 3.42. The standard InChI is InChI=1S/C14H16O2S2/c1-2-16-14(15)13-7-12-10(8-17-13)9-5-3-4-6-11(9)18-12/h7H,2-6,8H2,1H3. The summed E-state index contributed by atoms with van der Waals surface area (Å²) >= 11 is 3.50. The maximum Gasteiger partial charge on any atom is 0.344 e. The Labute approximate surface area is 115 Å². The van der Waals surface area contributed by atoms with Crippen LogP contribution in [0.1, 0.15) is 40.6 Å². The molecular formula is C14H16O2S2. The minimum atomic E-state index is -0.167. The first-order valence-electron chi connectivity index (χ1n) is 6.44. The normalized spacial score (nSPS) is 17.7. The summed E-state index contributed by atoms with van der Waals surface area (Å²) in [5.41, 5.74) is 3.06. The largest absolute Gasteiger partial charge is 0.462 e. The molecule has 0 N–H and O–H groups in total. The van der Waals surface area contributed by atoms with Crippen LogP contribution in [-0.2, 0) is 28.1 Å². The van der Waals surface area contributed by atoms with E-state index in [4.69, 9.17) is 4.74 Å². The molecular weight excluding hydrogens is 264 g/mol. The van der Waals surface area contributed by atoms with Crippen LogP contribution in [0.3, 0.4) is 0 Å².